The molecule has 5 amide bonds. The summed E-state index contributed by atoms with van der Waals surface area (Å²) in [6.45, 7) is 6.43. The summed E-state index contributed by atoms with van der Waals surface area (Å²) in [5, 5.41) is 6.60. The standard InChI is InChI=1S/C21H20Cl2N2O3.2C20H17BrF2N2O2.C20H16ClF3N2O2.C19H17BrN2O2/c1-27-15-5-2-13(3-6-15)20-19-16(8-10-25(20)21(26)28-11-9-22)17-12-14(23)4-7-18(17)24-19;1-2-27-20(26)25-8-7-13-15-9-11(21)3-6-17(15)24-18(13)19(25)14-5-4-12(22)10-16(14)23;1-2-27-20(26)25-6-5-15-16-9-12(21)3-4-17(16)24-18(15)19(25)11-7-13(22)10-14(23)8-11;1-28-19(27)26-9-8-14-15-10-13(21)6-7-16(15)25-17(14)18(26)11-2-4-12(5-3-11)20(22,23)24;1-24-19(23)22-10-9-14-15-11-13(20)7-8-16(15)21-17(14)18(22)12-5-3-2-4-6-12/h2-7,12,20,24H,8-11H2,1H3;3-6,9-10,19,24H,2,7-8H2,1H3;3-4,7-10,19,24H,2,5-6H2,1H3;2-7,10,18,25H,8-9H2,1H3;2-8,11,18,21H,9-10H2,1H3. The Labute approximate surface area is 804 Å². The van der Waals surface area contributed by atoms with Crippen molar-refractivity contribution in [2.24, 2.45) is 0 Å². The average molecular weight is 2080 g/mol. The van der Waals surface area contributed by atoms with Gasteiger partial charge in [-0.05, 0) is 229 Å². The first-order valence-corrected chi connectivity index (χ1v) is 46.6. The maximum atomic E-state index is 14.6. The summed E-state index contributed by atoms with van der Waals surface area (Å²) in [6, 6.07) is 56.3. The van der Waals surface area contributed by atoms with Crippen molar-refractivity contribution in [2.45, 2.75) is 82.3 Å². The number of aromatic nitrogens is 5. The molecular weight excluding hydrogens is 2000 g/mol. The van der Waals surface area contributed by atoms with E-state index < -0.39 is 71.4 Å². The van der Waals surface area contributed by atoms with Gasteiger partial charge in [0.1, 0.15) is 65.8 Å². The van der Waals surface area contributed by atoms with Crippen LogP contribution in [0.4, 0.5) is 54.7 Å². The molecule has 10 heterocycles. The number of carbonyl (C=O) groups is 5. The summed E-state index contributed by atoms with van der Waals surface area (Å²) in [6.07, 6.45) is -3.29. The fraction of sp³-hybridized carbons (Fsp3) is 0.250. The number of hydrogen-bond acceptors (Lipinski definition) is 11. The van der Waals surface area contributed by atoms with Gasteiger partial charge in [0.15, 0.2) is 0 Å². The van der Waals surface area contributed by atoms with E-state index in [2.05, 4.69) is 97.0 Å². The summed E-state index contributed by atoms with van der Waals surface area (Å²) in [7, 11) is 4.35. The summed E-state index contributed by atoms with van der Waals surface area (Å²) in [4.78, 5) is 87.5. The number of amides is 5. The Kier molecular flexibility index (Phi) is 29.1. The van der Waals surface area contributed by atoms with Crippen LogP contribution in [0.3, 0.4) is 0 Å². The molecule has 0 spiro atoms. The van der Waals surface area contributed by atoms with Gasteiger partial charge in [-0.1, -0.05) is 132 Å². The summed E-state index contributed by atoms with van der Waals surface area (Å²) < 4.78 is 128. The molecular formula is C100H87Br3Cl3F7N10O11. The molecule has 134 heavy (non-hydrogen) atoms. The van der Waals surface area contributed by atoms with E-state index in [4.69, 9.17) is 63.2 Å². The first kappa shape index (κ1) is 95.0. The van der Waals surface area contributed by atoms with Crippen LogP contribution in [0.2, 0.25) is 10.0 Å². The number of alkyl halides is 4. The normalized spacial score (nSPS) is 16.6. The summed E-state index contributed by atoms with van der Waals surface area (Å²) in [5.41, 5.74) is 17.1. The average Bonchev–Trinajstić information content (AvgIpc) is 1.61. The number of halogens is 13. The topological polar surface area (TPSA) is 236 Å². The first-order chi connectivity index (χ1) is 64.6. The highest BCUT2D eigenvalue weighted by Crippen LogP contribution is 2.47. The highest BCUT2D eigenvalue weighted by molar-refractivity contribution is 9.11. The predicted octanol–water partition coefficient (Wildman–Crippen LogP) is 26.0. The molecule has 5 N–H and O–H groups in total. The van der Waals surface area contributed by atoms with E-state index in [1.165, 1.54) is 81.8 Å². The molecule has 20 rings (SSSR count). The van der Waals surface area contributed by atoms with Crippen molar-refractivity contribution in [3.8, 4) is 5.75 Å². The number of methoxy groups -OCH3 is 3. The highest BCUT2D eigenvalue weighted by Gasteiger charge is 2.43. The Hall–Kier alpha value is -12.1. The highest BCUT2D eigenvalue weighted by atomic mass is 79.9. The molecule has 5 unspecified atom stereocenters. The fourth-order valence-corrected chi connectivity index (χ4v) is 20.1. The van der Waals surface area contributed by atoms with Crippen molar-refractivity contribution >= 4 is 168 Å². The van der Waals surface area contributed by atoms with Crippen molar-refractivity contribution in [3.63, 3.8) is 0 Å². The monoisotopic (exact) mass is 2080 g/mol. The molecule has 5 aromatic heterocycles. The Balaban J connectivity index is 0.000000122. The number of rotatable bonds is 10. The second-order valence-electron chi connectivity index (χ2n) is 32.1. The van der Waals surface area contributed by atoms with Crippen molar-refractivity contribution in [3.05, 3.63) is 343 Å². The number of hydrogen-bond donors (Lipinski definition) is 5. The van der Waals surface area contributed by atoms with E-state index in [0.717, 1.165) is 162 Å². The summed E-state index contributed by atoms with van der Waals surface area (Å²) >= 11 is 28.6. The Bertz CT molecular complexity index is 6900. The van der Waals surface area contributed by atoms with Gasteiger partial charge >= 0.3 is 36.6 Å². The minimum absolute atomic E-state index is 0.159. The number of benzene rings is 10. The fourth-order valence-electron chi connectivity index (χ4n) is 18.6. The predicted molar refractivity (Wildman–Crippen MR) is 510 cm³/mol. The Morgan fingerprint density at radius 1 is 0.381 bits per heavy atom. The molecule has 34 heteroatoms. The molecule has 0 aliphatic carbocycles. The van der Waals surface area contributed by atoms with E-state index >= 15 is 0 Å². The van der Waals surface area contributed by atoms with E-state index in [9.17, 15) is 54.7 Å². The van der Waals surface area contributed by atoms with Gasteiger partial charge in [0, 0.05) is 157 Å². The maximum Gasteiger partial charge on any atom is 0.416 e. The van der Waals surface area contributed by atoms with E-state index in [1.807, 2.05) is 115 Å². The maximum absolute atomic E-state index is 14.6. The smallest absolute Gasteiger partial charge is 0.416 e. The lowest BCUT2D eigenvalue weighted by Gasteiger charge is -2.35. The minimum Gasteiger partial charge on any atom is -0.497 e. The largest absolute Gasteiger partial charge is 0.497 e. The Morgan fingerprint density at radius 3 is 1.09 bits per heavy atom. The zero-order chi connectivity index (χ0) is 94.7. The van der Waals surface area contributed by atoms with Crippen LogP contribution in [0.1, 0.15) is 134 Å². The van der Waals surface area contributed by atoms with Crippen molar-refractivity contribution in [1.29, 1.82) is 0 Å². The molecule has 5 aliphatic heterocycles. The number of H-pyrrole nitrogens is 5. The van der Waals surface area contributed by atoms with Crippen molar-refractivity contribution in [1.82, 2.24) is 49.4 Å². The first-order valence-electron chi connectivity index (χ1n) is 42.9. The third-order valence-corrected chi connectivity index (χ3v) is 26.5. The quantitative estimate of drug-likeness (QED) is 0.0490. The van der Waals surface area contributed by atoms with Gasteiger partial charge in [-0.2, -0.15) is 13.2 Å². The number of nitrogens with zero attached hydrogens (tertiary/aromatic N) is 5. The molecule has 0 bridgehead atoms. The number of fused-ring (bicyclic) bond motifs is 15. The minimum atomic E-state index is -4.42. The lowest BCUT2D eigenvalue weighted by molar-refractivity contribution is -0.137. The molecule has 5 aliphatic rings. The number of nitrogens with one attached hydrogen (secondary N) is 5. The van der Waals surface area contributed by atoms with Crippen LogP contribution in [0, 0.1) is 23.3 Å². The second kappa shape index (κ2) is 41.0. The molecule has 5 atom stereocenters. The van der Waals surface area contributed by atoms with Gasteiger partial charge in [0.25, 0.3) is 0 Å². The van der Waals surface area contributed by atoms with Gasteiger partial charge in [-0.15, -0.1) is 11.6 Å². The Morgan fingerprint density at radius 2 is 0.724 bits per heavy atom. The van der Waals surface area contributed by atoms with Crippen LogP contribution < -0.4 is 4.74 Å². The molecule has 10 aromatic carbocycles. The van der Waals surface area contributed by atoms with Gasteiger partial charge in [0.2, 0.25) is 0 Å². The second-order valence-corrected chi connectivity index (χ2v) is 36.1. The third kappa shape index (κ3) is 19.7. The van der Waals surface area contributed by atoms with Gasteiger partial charge in [0.05, 0.1) is 46.0 Å². The molecule has 0 saturated carbocycles. The van der Waals surface area contributed by atoms with Crippen molar-refractivity contribution in [2.75, 3.05) is 79.8 Å². The van der Waals surface area contributed by atoms with Crippen LogP contribution in [0.15, 0.2) is 220 Å². The zero-order valence-corrected chi connectivity index (χ0v) is 79.6. The molecule has 0 radical (unpaired) electrons. The van der Waals surface area contributed by atoms with E-state index in [1.54, 1.807) is 36.8 Å². The molecule has 0 fully saturated rings. The van der Waals surface area contributed by atoms with Crippen LogP contribution in [-0.2, 0) is 62.0 Å². The van der Waals surface area contributed by atoms with E-state index in [0.29, 0.717) is 73.2 Å². The van der Waals surface area contributed by atoms with Crippen LogP contribution >= 0.6 is 82.6 Å². The van der Waals surface area contributed by atoms with Gasteiger partial charge in [-0.3, -0.25) is 24.5 Å². The van der Waals surface area contributed by atoms with Crippen LogP contribution in [0.25, 0.3) is 54.5 Å². The lowest BCUT2D eigenvalue weighted by atomic mass is 9.92. The molecule has 694 valence electrons. The van der Waals surface area contributed by atoms with Crippen LogP contribution in [0.5, 0.6) is 5.75 Å². The number of ether oxygens (including phenoxy) is 6. The van der Waals surface area contributed by atoms with Gasteiger partial charge < -0.3 is 53.3 Å². The zero-order valence-electron chi connectivity index (χ0n) is 72.6. The molecule has 0 saturated heterocycles. The molecule has 15 aromatic rings. The number of carbonyl (C=O) groups excluding carboxylic acids is 5. The summed E-state index contributed by atoms with van der Waals surface area (Å²) in [5.74, 6) is -1.68. The van der Waals surface area contributed by atoms with E-state index in [-0.39, 0.29) is 55.5 Å². The lowest BCUT2D eigenvalue weighted by Crippen LogP contribution is -2.41. The van der Waals surface area contributed by atoms with Crippen molar-refractivity contribution < 1.29 is 83.1 Å². The SMILES string of the molecule is CCOC(=O)N1CCc2c([nH]c3ccc(Br)cc23)C1c1cc(F)cc(F)c1.CCOC(=O)N1CCc2c([nH]c3ccc(Br)cc23)C1c1ccc(F)cc1F.COC(=O)N1CCc2c([nH]c3ccc(Br)cc23)C1c1ccccc1.COC(=O)N1CCc2c([nH]c3ccc(Cl)cc23)C1c1ccc(C(F)(F)F)cc1.COc1ccc(C2c3[nH]c4ccc(Cl)cc4c3CCN2C(=O)OCCCl)cc1. The van der Waals surface area contributed by atoms with Gasteiger partial charge in [-0.25, -0.2) is 41.5 Å². The molecule has 21 nitrogen and oxygen atoms in total. The van der Waals surface area contributed by atoms with Crippen LogP contribution in [-0.4, -0.2) is 160 Å². The number of aromatic amines is 5. The third-order valence-electron chi connectivity index (χ3n) is 24.4.